The first-order valence-corrected chi connectivity index (χ1v) is 7.58. The molecule has 1 aliphatic carbocycles. The molecular weight excluding hydrogens is 236 g/mol. The first-order valence-electron chi connectivity index (χ1n) is 6.43. The van der Waals surface area contributed by atoms with Crippen LogP contribution in [0.25, 0.3) is 0 Å². The van der Waals surface area contributed by atoms with Gasteiger partial charge in [-0.2, -0.15) is 11.8 Å². The van der Waals surface area contributed by atoms with Gasteiger partial charge >= 0.3 is 5.97 Å². The van der Waals surface area contributed by atoms with Crippen molar-refractivity contribution in [2.24, 2.45) is 11.3 Å². The summed E-state index contributed by atoms with van der Waals surface area (Å²) in [5.41, 5.74) is -1.48. The first-order chi connectivity index (χ1) is 8.04. The lowest BCUT2D eigenvalue weighted by atomic mass is 9.63. The molecule has 98 valence electrons. The first kappa shape index (κ1) is 13.2. The van der Waals surface area contributed by atoms with E-state index in [1.54, 1.807) is 11.8 Å². The van der Waals surface area contributed by atoms with Crippen molar-refractivity contribution in [1.29, 1.82) is 0 Å². The molecule has 0 radical (unpaired) electrons. The summed E-state index contributed by atoms with van der Waals surface area (Å²) in [6.07, 6.45) is 4.27. The van der Waals surface area contributed by atoms with Crippen molar-refractivity contribution >= 4 is 17.7 Å². The SMILES string of the molecule is COC(=O)C1(C2(O)CCC(C)CC2)CCSC1. The molecule has 17 heavy (non-hydrogen) atoms. The van der Waals surface area contributed by atoms with E-state index in [0.717, 1.165) is 37.9 Å². The van der Waals surface area contributed by atoms with E-state index in [-0.39, 0.29) is 5.97 Å². The van der Waals surface area contributed by atoms with Gasteiger partial charge in [-0.3, -0.25) is 4.79 Å². The topological polar surface area (TPSA) is 46.5 Å². The summed E-state index contributed by atoms with van der Waals surface area (Å²) < 4.78 is 4.97. The number of carbonyl (C=O) groups excluding carboxylic acids is 1. The molecule has 1 saturated carbocycles. The fourth-order valence-electron chi connectivity index (χ4n) is 3.20. The molecule has 1 heterocycles. The van der Waals surface area contributed by atoms with Crippen LogP contribution in [0.1, 0.15) is 39.0 Å². The summed E-state index contributed by atoms with van der Waals surface area (Å²) in [6.45, 7) is 2.22. The second-order valence-corrected chi connectivity index (χ2v) is 6.70. The molecule has 2 aliphatic rings. The number of methoxy groups -OCH3 is 1. The van der Waals surface area contributed by atoms with Gasteiger partial charge in [0.15, 0.2) is 0 Å². The molecule has 0 bridgehead atoms. The van der Waals surface area contributed by atoms with Gasteiger partial charge in [0.25, 0.3) is 0 Å². The summed E-state index contributed by atoms with van der Waals surface area (Å²) in [5, 5.41) is 10.9. The fraction of sp³-hybridized carbons (Fsp3) is 0.923. The molecule has 3 nitrogen and oxygen atoms in total. The van der Waals surface area contributed by atoms with E-state index >= 15 is 0 Å². The molecular formula is C13H22O3S. The Morgan fingerprint density at radius 2 is 2.00 bits per heavy atom. The minimum atomic E-state index is -0.837. The van der Waals surface area contributed by atoms with Crippen LogP contribution in [-0.4, -0.2) is 35.3 Å². The van der Waals surface area contributed by atoms with Crippen molar-refractivity contribution < 1.29 is 14.6 Å². The molecule has 4 heteroatoms. The average Bonchev–Trinajstić information content (AvgIpc) is 2.83. The number of thioether (sulfide) groups is 1. The van der Waals surface area contributed by atoms with E-state index in [1.807, 2.05) is 0 Å². The number of esters is 1. The monoisotopic (exact) mass is 258 g/mol. The Morgan fingerprint density at radius 1 is 1.35 bits per heavy atom. The number of carbonyl (C=O) groups is 1. The predicted octanol–water partition coefficient (Wildman–Crippen LogP) is 2.22. The third-order valence-corrected chi connectivity index (χ3v) is 5.78. The Labute approximate surface area is 107 Å². The zero-order chi connectivity index (χ0) is 12.5. The van der Waals surface area contributed by atoms with E-state index in [9.17, 15) is 9.90 Å². The van der Waals surface area contributed by atoms with E-state index in [2.05, 4.69) is 6.92 Å². The third kappa shape index (κ3) is 2.10. The smallest absolute Gasteiger partial charge is 0.315 e. The van der Waals surface area contributed by atoms with Gasteiger partial charge in [0, 0.05) is 5.75 Å². The molecule has 0 spiro atoms. The van der Waals surface area contributed by atoms with Gasteiger partial charge < -0.3 is 9.84 Å². The van der Waals surface area contributed by atoms with Gasteiger partial charge in [0.05, 0.1) is 12.7 Å². The maximum atomic E-state index is 12.1. The lowest BCUT2D eigenvalue weighted by Crippen LogP contribution is -2.55. The lowest BCUT2D eigenvalue weighted by molar-refractivity contribution is -0.175. The maximum absolute atomic E-state index is 12.1. The molecule has 2 fully saturated rings. The van der Waals surface area contributed by atoms with Crippen molar-refractivity contribution in [2.45, 2.75) is 44.6 Å². The van der Waals surface area contributed by atoms with Gasteiger partial charge in [-0.05, 0) is 43.8 Å². The van der Waals surface area contributed by atoms with Gasteiger partial charge in [-0.1, -0.05) is 6.92 Å². The highest BCUT2D eigenvalue weighted by Gasteiger charge is 2.58. The van der Waals surface area contributed by atoms with Crippen molar-refractivity contribution in [2.75, 3.05) is 18.6 Å². The number of hydrogen-bond acceptors (Lipinski definition) is 4. The van der Waals surface area contributed by atoms with E-state index < -0.39 is 11.0 Å². The van der Waals surface area contributed by atoms with Crippen LogP contribution in [0.3, 0.4) is 0 Å². The van der Waals surface area contributed by atoms with Crippen LogP contribution in [0.4, 0.5) is 0 Å². The average molecular weight is 258 g/mol. The molecule has 2 rings (SSSR count). The van der Waals surface area contributed by atoms with Crippen LogP contribution >= 0.6 is 11.8 Å². The second kappa shape index (κ2) is 4.81. The van der Waals surface area contributed by atoms with Crippen molar-refractivity contribution in [3.8, 4) is 0 Å². The molecule has 0 aromatic heterocycles. The third-order valence-electron chi connectivity index (χ3n) is 4.59. The highest BCUT2D eigenvalue weighted by molar-refractivity contribution is 7.99. The van der Waals surface area contributed by atoms with Crippen molar-refractivity contribution in [1.82, 2.24) is 0 Å². The second-order valence-electron chi connectivity index (χ2n) is 5.59. The summed E-state index contributed by atoms with van der Waals surface area (Å²) in [4.78, 5) is 12.1. The Balaban J connectivity index is 2.24. The molecule has 0 aromatic carbocycles. The van der Waals surface area contributed by atoms with Gasteiger partial charge in [-0.25, -0.2) is 0 Å². The standard InChI is InChI=1S/C13H22O3S/c1-10-3-5-13(15,6-4-10)12(11(14)16-2)7-8-17-9-12/h10,15H,3-9H2,1-2H3. The summed E-state index contributed by atoms with van der Waals surface area (Å²) in [6, 6.07) is 0. The molecule has 1 atom stereocenters. The Bertz CT molecular complexity index is 289. The molecule has 1 aliphatic heterocycles. The summed E-state index contributed by atoms with van der Waals surface area (Å²) in [5.74, 6) is 2.12. The molecule has 1 N–H and O–H groups in total. The summed E-state index contributed by atoms with van der Waals surface area (Å²) in [7, 11) is 1.43. The quantitative estimate of drug-likeness (QED) is 0.772. The number of rotatable bonds is 2. The van der Waals surface area contributed by atoms with E-state index in [4.69, 9.17) is 4.74 Å². The molecule has 1 saturated heterocycles. The molecule has 1 unspecified atom stereocenters. The van der Waals surface area contributed by atoms with E-state index in [1.165, 1.54) is 7.11 Å². The van der Waals surface area contributed by atoms with Gasteiger partial charge in [-0.15, -0.1) is 0 Å². The number of aliphatic hydroxyl groups is 1. The van der Waals surface area contributed by atoms with Crippen LogP contribution in [0.2, 0.25) is 0 Å². The predicted molar refractivity (Wildman–Crippen MR) is 69.0 cm³/mol. The van der Waals surface area contributed by atoms with Gasteiger partial charge in [0.2, 0.25) is 0 Å². The van der Waals surface area contributed by atoms with Crippen LogP contribution in [0.15, 0.2) is 0 Å². The van der Waals surface area contributed by atoms with Crippen LogP contribution in [0.5, 0.6) is 0 Å². The highest BCUT2D eigenvalue weighted by Crippen LogP contribution is 2.52. The van der Waals surface area contributed by atoms with Crippen LogP contribution in [0, 0.1) is 11.3 Å². The van der Waals surface area contributed by atoms with Crippen LogP contribution < -0.4 is 0 Å². The number of hydrogen-bond donors (Lipinski definition) is 1. The zero-order valence-corrected chi connectivity index (χ0v) is 11.5. The Kier molecular flexibility index (Phi) is 3.74. The van der Waals surface area contributed by atoms with Crippen molar-refractivity contribution in [3.05, 3.63) is 0 Å². The minimum Gasteiger partial charge on any atom is -0.468 e. The normalized spacial score (nSPS) is 42.4. The fourth-order valence-corrected chi connectivity index (χ4v) is 4.71. The largest absolute Gasteiger partial charge is 0.468 e. The molecule has 0 amide bonds. The maximum Gasteiger partial charge on any atom is 0.315 e. The minimum absolute atomic E-state index is 0.209. The van der Waals surface area contributed by atoms with Crippen molar-refractivity contribution in [3.63, 3.8) is 0 Å². The molecule has 0 aromatic rings. The number of ether oxygens (including phenoxy) is 1. The highest BCUT2D eigenvalue weighted by atomic mass is 32.2. The Hall–Kier alpha value is -0.220. The summed E-state index contributed by atoms with van der Waals surface area (Å²) >= 11 is 1.76. The Morgan fingerprint density at radius 3 is 2.47 bits per heavy atom. The zero-order valence-electron chi connectivity index (χ0n) is 10.7. The lowest BCUT2D eigenvalue weighted by Gasteiger charge is -2.46. The van der Waals surface area contributed by atoms with Crippen LogP contribution in [-0.2, 0) is 9.53 Å². The van der Waals surface area contributed by atoms with E-state index in [0.29, 0.717) is 11.7 Å². The van der Waals surface area contributed by atoms with Gasteiger partial charge in [0.1, 0.15) is 5.41 Å².